The second-order valence-corrected chi connectivity index (χ2v) is 3.21. The first-order valence-corrected chi connectivity index (χ1v) is 5.48. The molecule has 0 aliphatic heterocycles. The average molecular weight is 224 g/mol. The summed E-state index contributed by atoms with van der Waals surface area (Å²) in [4.78, 5) is 11.6. The minimum absolute atomic E-state index is 0.156. The molecule has 0 aromatic rings. The highest BCUT2D eigenvalue weighted by molar-refractivity contribution is 6.08. The molecule has 0 saturated heterocycles. The Hall–Kier alpha value is -1.11. The smallest absolute Gasteiger partial charge is 0.231 e. The van der Waals surface area contributed by atoms with Crippen molar-refractivity contribution in [1.29, 1.82) is 0 Å². The summed E-state index contributed by atoms with van der Waals surface area (Å²) < 4.78 is 10.6. The largest absolute Gasteiger partial charge is 0.377 e. The number of rotatable bonds is 7. The van der Waals surface area contributed by atoms with Crippen LogP contribution in [0.5, 0.6) is 0 Å². The summed E-state index contributed by atoms with van der Waals surface area (Å²) in [6, 6.07) is 0. The van der Waals surface area contributed by atoms with Gasteiger partial charge in [0.1, 0.15) is 0 Å². The Morgan fingerprint density at radius 3 is 2.00 bits per heavy atom. The van der Waals surface area contributed by atoms with Gasteiger partial charge < -0.3 is 9.47 Å². The SMILES string of the molecule is CC#CC(=O)C(C)=C(COCC)COCC. The van der Waals surface area contributed by atoms with Crippen molar-refractivity contribution >= 4 is 5.78 Å². The van der Waals surface area contributed by atoms with E-state index in [1.165, 1.54) is 0 Å². The Morgan fingerprint density at radius 2 is 1.62 bits per heavy atom. The maximum Gasteiger partial charge on any atom is 0.231 e. The zero-order valence-electron chi connectivity index (χ0n) is 10.6. The molecule has 0 rings (SSSR count). The van der Waals surface area contributed by atoms with E-state index in [0.717, 1.165) is 5.57 Å². The van der Waals surface area contributed by atoms with Gasteiger partial charge >= 0.3 is 0 Å². The molecule has 0 N–H and O–H groups in total. The van der Waals surface area contributed by atoms with E-state index in [-0.39, 0.29) is 5.78 Å². The Labute approximate surface area is 97.8 Å². The fourth-order valence-electron chi connectivity index (χ4n) is 1.08. The molecule has 0 unspecified atom stereocenters. The maximum atomic E-state index is 11.6. The molecule has 0 fully saturated rings. The highest BCUT2D eigenvalue weighted by Gasteiger charge is 2.09. The lowest BCUT2D eigenvalue weighted by Crippen LogP contribution is -2.11. The van der Waals surface area contributed by atoms with Gasteiger partial charge in [-0.1, -0.05) is 5.92 Å². The van der Waals surface area contributed by atoms with E-state index >= 15 is 0 Å². The first-order chi connectivity index (χ1) is 7.67. The number of hydrogen-bond acceptors (Lipinski definition) is 3. The number of carbonyl (C=O) groups excluding carboxylic acids is 1. The number of Topliss-reactive ketones (excluding diaryl/α,β-unsaturated/α-hetero) is 1. The van der Waals surface area contributed by atoms with Crippen LogP contribution < -0.4 is 0 Å². The number of ketones is 1. The van der Waals surface area contributed by atoms with Crippen LogP contribution in [-0.4, -0.2) is 32.2 Å². The van der Waals surface area contributed by atoms with Gasteiger partial charge in [-0.05, 0) is 39.2 Å². The van der Waals surface area contributed by atoms with E-state index in [0.29, 0.717) is 32.0 Å². The van der Waals surface area contributed by atoms with Gasteiger partial charge in [-0.25, -0.2) is 0 Å². The number of carbonyl (C=O) groups is 1. The van der Waals surface area contributed by atoms with Gasteiger partial charge in [0.15, 0.2) is 0 Å². The van der Waals surface area contributed by atoms with Crippen LogP contribution in [0.15, 0.2) is 11.1 Å². The summed E-state index contributed by atoms with van der Waals surface area (Å²) in [6.45, 7) is 9.35. The van der Waals surface area contributed by atoms with E-state index in [1.807, 2.05) is 13.8 Å². The number of ether oxygens (including phenoxy) is 2. The second kappa shape index (κ2) is 9.14. The molecule has 0 spiro atoms. The molecule has 0 radical (unpaired) electrons. The Kier molecular flexibility index (Phi) is 8.51. The van der Waals surface area contributed by atoms with Gasteiger partial charge in [-0.3, -0.25) is 4.79 Å². The highest BCUT2D eigenvalue weighted by Crippen LogP contribution is 2.07. The minimum Gasteiger partial charge on any atom is -0.377 e. The van der Waals surface area contributed by atoms with E-state index in [1.54, 1.807) is 13.8 Å². The van der Waals surface area contributed by atoms with Crippen LogP contribution >= 0.6 is 0 Å². The molecule has 0 aliphatic rings. The Balaban J connectivity index is 4.70. The topological polar surface area (TPSA) is 35.5 Å². The summed E-state index contributed by atoms with van der Waals surface area (Å²) in [5, 5.41) is 0. The van der Waals surface area contributed by atoms with Gasteiger partial charge in [0.05, 0.1) is 13.2 Å². The van der Waals surface area contributed by atoms with Gasteiger partial charge in [0.25, 0.3) is 0 Å². The number of allylic oxidation sites excluding steroid dienone is 1. The van der Waals surface area contributed by atoms with Crippen molar-refractivity contribution < 1.29 is 14.3 Å². The van der Waals surface area contributed by atoms with E-state index < -0.39 is 0 Å². The van der Waals surface area contributed by atoms with Gasteiger partial charge in [0.2, 0.25) is 5.78 Å². The quantitative estimate of drug-likeness (QED) is 0.377. The zero-order valence-corrected chi connectivity index (χ0v) is 10.6. The van der Waals surface area contributed by atoms with E-state index in [9.17, 15) is 4.79 Å². The first-order valence-electron chi connectivity index (χ1n) is 5.48. The molecule has 3 heteroatoms. The molecular weight excluding hydrogens is 204 g/mol. The van der Waals surface area contributed by atoms with Gasteiger partial charge in [0, 0.05) is 18.8 Å². The van der Waals surface area contributed by atoms with Gasteiger partial charge in [-0.2, -0.15) is 0 Å². The van der Waals surface area contributed by atoms with Crippen LogP contribution in [0.2, 0.25) is 0 Å². The second-order valence-electron chi connectivity index (χ2n) is 3.21. The monoisotopic (exact) mass is 224 g/mol. The third-order valence-corrected chi connectivity index (χ3v) is 2.07. The van der Waals surface area contributed by atoms with E-state index in [4.69, 9.17) is 9.47 Å². The normalized spacial score (nSPS) is 9.25. The summed E-state index contributed by atoms with van der Waals surface area (Å²) >= 11 is 0. The third-order valence-electron chi connectivity index (χ3n) is 2.07. The highest BCUT2D eigenvalue weighted by atomic mass is 16.5. The van der Waals surface area contributed by atoms with Crippen LogP contribution in [0.3, 0.4) is 0 Å². The molecule has 0 amide bonds. The molecule has 0 aromatic heterocycles. The maximum absolute atomic E-state index is 11.6. The fraction of sp³-hybridized carbons (Fsp3) is 0.615. The van der Waals surface area contributed by atoms with Gasteiger partial charge in [-0.15, -0.1) is 0 Å². The lowest BCUT2D eigenvalue weighted by molar-refractivity contribution is -0.110. The van der Waals surface area contributed by atoms with Crippen molar-refractivity contribution in [2.45, 2.75) is 27.7 Å². The predicted octanol–water partition coefficient (Wildman–Crippen LogP) is 1.97. The summed E-state index contributed by atoms with van der Waals surface area (Å²) in [6.07, 6.45) is 0. The lowest BCUT2D eigenvalue weighted by atomic mass is 10.1. The van der Waals surface area contributed by atoms with Crippen molar-refractivity contribution in [2.75, 3.05) is 26.4 Å². The Morgan fingerprint density at radius 1 is 1.12 bits per heavy atom. The van der Waals surface area contributed by atoms with Crippen LogP contribution in [0, 0.1) is 11.8 Å². The number of hydrogen-bond donors (Lipinski definition) is 0. The lowest BCUT2D eigenvalue weighted by Gasteiger charge is -2.10. The minimum atomic E-state index is -0.156. The van der Waals surface area contributed by atoms with Crippen LogP contribution in [0.25, 0.3) is 0 Å². The zero-order chi connectivity index (χ0) is 12.4. The van der Waals surface area contributed by atoms with Crippen LogP contribution in [0.1, 0.15) is 27.7 Å². The van der Waals surface area contributed by atoms with Crippen molar-refractivity contribution in [2.24, 2.45) is 0 Å². The molecule has 0 aliphatic carbocycles. The Bertz CT molecular complexity index is 295. The van der Waals surface area contributed by atoms with Crippen molar-refractivity contribution in [3.8, 4) is 11.8 Å². The summed E-state index contributed by atoms with van der Waals surface area (Å²) in [7, 11) is 0. The third kappa shape index (κ3) is 5.69. The molecule has 3 nitrogen and oxygen atoms in total. The summed E-state index contributed by atoms with van der Waals surface area (Å²) in [5.74, 6) is 4.97. The van der Waals surface area contributed by atoms with Crippen LogP contribution in [-0.2, 0) is 14.3 Å². The molecule has 0 heterocycles. The van der Waals surface area contributed by atoms with Crippen molar-refractivity contribution in [3.63, 3.8) is 0 Å². The molecule has 16 heavy (non-hydrogen) atoms. The van der Waals surface area contributed by atoms with Crippen LogP contribution in [0.4, 0.5) is 0 Å². The molecule has 90 valence electrons. The summed E-state index contributed by atoms with van der Waals surface area (Å²) in [5.41, 5.74) is 1.51. The molecule has 0 atom stereocenters. The van der Waals surface area contributed by atoms with Crippen molar-refractivity contribution in [1.82, 2.24) is 0 Å². The predicted molar refractivity (Wildman–Crippen MR) is 64.1 cm³/mol. The fourth-order valence-corrected chi connectivity index (χ4v) is 1.08. The standard InChI is InChI=1S/C13H20O3/c1-5-8-13(14)11(4)12(9-15-6-2)10-16-7-3/h6-7,9-10H2,1-4H3. The van der Waals surface area contributed by atoms with E-state index in [2.05, 4.69) is 11.8 Å². The molecule has 0 saturated carbocycles. The molecular formula is C13H20O3. The first kappa shape index (κ1) is 14.9. The van der Waals surface area contributed by atoms with Crippen molar-refractivity contribution in [3.05, 3.63) is 11.1 Å². The molecule has 0 bridgehead atoms. The molecule has 0 aromatic carbocycles. The average Bonchev–Trinajstić information content (AvgIpc) is 2.29.